The van der Waals surface area contributed by atoms with E-state index >= 15 is 0 Å². The van der Waals surface area contributed by atoms with Gasteiger partial charge in [0.1, 0.15) is 17.7 Å². The number of halogens is 2. The van der Waals surface area contributed by atoms with Gasteiger partial charge in [0.25, 0.3) is 11.8 Å². The van der Waals surface area contributed by atoms with Crippen LogP contribution in [-0.2, 0) is 14.3 Å². The number of nitrogens with zero attached hydrogens (tertiary/aromatic N) is 2. The summed E-state index contributed by atoms with van der Waals surface area (Å²) < 4.78 is 31.9. The van der Waals surface area contributed by atoms with E-state index in [2.05, 4.69) is 10.7 Å². The number of ether oxygens (including phenoxy) is 1. The third-order valence-corrected chi connectivity index (χ3v) is 6.05. The Morgan fingerprint density at radius 3 is 2.28 bits per heavy atom. The molecular weight excluding hydrogens is 530 g/mol. The van der Waals surface area contributed by atoms with Crippen LogP contribution in [0, 0.1) is 11.6 Å². The largest absolute Gasteiger partial charge is 0.462 e. The number of esters is 1. The van der Waals surface area contributed by atoms with E-state index in [0.29, 0.717) is 5.69 Å². The molecule has 1 fully saturated rings. The van der Waals surface area contributed by atoms with Gasteiger partial charge in [-0.2, -0.15) is 0 Å². The van der Waals surface area contributed by atoms with Gasteiger partial charge in [-0.25, -0.2) is 18.6 Å². The zero-order valence-corrected chi connectivity index (χ0v) is 21.3. The molecule has 1 aliphatic heterocycles. The van der Waals surface area contributed by atoms with Crippen LogP contribution in [0.4, 0.5) is 20.2 Å². The quantitative estimate of drug-likeness (QED) is 0.323. The van der Waals surface area contributed by atoms with Gasteiger partial charge in [0.05, 0.1) is 24.3 Å². The second-order valence-corrected chi connectivity index (χ2v) is 8.68. The minimum atomic E-state index is -1.26. The fourth-order valence-corrected chi connectivity index (χ4v) is 4.19. The molecule has 0 spiro atoms. The maximum absolute atomic E-state index is 13.7. The van der Waals surface area contributed by atoms with Crippen molar-refractivity contribution >= 4 is 52.4 Å². The monoisotopic (exact) mass is 552 g/mol. The fraction of sp³-hybridized carbons (Fsp3) is 0.148. The average Bonchev–Trinajstić information content (AvgIpc) is 3.14. The molecule has 9 nitrogen and oxygen atoms in total. The minimum Gasteiger partial charge on any atom is -0.462 e. The van der Waals surface area contributed by atoms with Crippen molar-refractivity contribution in [2.45, 2.75) is 19.4 Å². The van der Waals surface area contributed by atoms with E-state index in [1.165, 1.54) is 66.7 Å². The zero-order chi connectivity index (χ0) is 28.1. The maximum Gasteiger partial charge on any atom is 0.338 e. The molecule has 39 heavy (non-hydrogen) atoms. The molecule has 4 rings (SSSR count). The highest BCUT2D eigenvalue weighted by atomic mass is 32.1. The summed E-state index contributed by atoms with van der Waals surface area (Å²) >= 11 is 5.49. The molecule has 1 atom stereocenters. The van der Waals surface area contributed by atoms with Gasteiger partial charge >= 0.3 is 5.97 Å². The standard InChI is InChI=1S/C27H22F2N4O5S/c1-2-38-26(37)16-6-12-21(13-7-16)32-25(36)22(15-23(34)30-20-10-8-18(28)9-11-20)33(27(32)39)31-24(35)17-4-3-5-19(29)14-17/h3-14,22H,2,15H2,1H3,(H,30,34)(H,31,35)/t22-/m1/s1. The van der Waals surface area contributed by atoms with Crippen LogP contribution in [0.15, 0.2) is 72.8 Å². The zero-order valence-electron chi connectivity index (χ0n) is 20.5. The van der Waals surface area contributed by atoms with Crippen molar-refractivity contribution in [3.05, 3.63) is 95.6 Å². The van der Waals surface area contributed by atoms with Gasteiger partial charge in [-0.3, -0.25) is 24.7 Å². The summed E-state index contributed by atoms with van der Waals surface area (Å²) in [6.07, 6.45) is -0.433. The number of carbonyl (C=O) groups is 4. The summed E-state index contributed by atoms with van der Waals surface area (Å²) in [6.45, 7) is 1.86. The summed E-state index contributed by atoms with van der Waals surface area (Å²) in [4.78, 5) is 52.3. The second-order valence-electron chi connectivity index (χ2n) is 8.32. The number of rotatable bonds is 8. The second kappa shape index (κ2) is 11.8. The van der Waals surface area contributed by atoms with E-state index in [1.54, 1.807) is 6.92 Å². The first-order valence-corrected chi connectivity index (χ1v) is 12.1. The molecule has 200 valence electrons. The predicted octanol–water partition coefficient (Wildman–Crippen LogP) is 3.82. The first-order valence-electron chi connectivity index (χ1n) is 11.7. The highest BCUT2D eigenvalue weighted by Crippen LogP contribution is 2.27. The number of benzene rings is 3. The Morgan fingerprint density at radius 2 is 1.64 bits per heavy atom. The molecule has 0 aromatic heterocycles. The normalized spacial score (nSPS) is 14.8. The lowest BCUT2D eigenvalue weighted by Gasteiger charge is -2.24. The third kappa shape index (κ3) is 6.24. The molecule has 3 aromatic carbocycles. The van der Waals surface area contributed by atoms with Crippen LogP contribution in [0.3, 0.4) is 0 Å². The van der Waals surface area contributed by atoms with Gasteiger partial charge in [-0.05, 0) is 85.9 Å². The van der Waals surface area contributed by atoms with Gasteiger partial charge in [0.2, 0.25) is 11.0 Å². The van der Waals surface area contributed by atoms with Gasteiger partial charge in [-0.1, -0.05) is 6.07 Å². The molecule has 2 N–H and O–H groups in total. The van der Waals surface area contributed by atoms with Crippen molar-refractivity contribution in [2.75, 3.05) is 16.8 Å². The minimum absolute atomic E-state index is 0.0306. The van der Waals surface area contributed by atoms with E-state index in [1.807, 2.05) is 0 Å². The maximum atomic E-state index is 13.7. The molecular formula is C27H22F2N4O5S. The molecule has 0 bridgehead atoms. The molecule has 1 aliphatic rings. The lowest BCUT2D eigenvalue weighted by molar-refractivity contribution is -0.124. The van der Waals surface area contributed by atoms with Crippen molar-refractivity contribution in [2.24, 2.45) is 0 Å². The molecule has 0 aliphatic carbocycles. The molecule has 3 amide bonds. The van der Waals surface area contributed by atoms with E-state index in [-0.39, 0.29) is 28.5 Å². The molecule has 0 radical (unpaired) electrons. The van der Waals surface area contributed by atoms with E-state index in [9.17, 15) is 28.0 Å². The first-order chi connectivity index (χ1) is 18.7. The van der Waals surface area contributed by atoms with Crippen LogP contribution >= 0.6 is 12.2 Å². The lowest BCUT2D eigenvalue weighted by Crippen LogP contribution is -2.49. The first kappa shape index (κ1) is 27.3. The number of thiocarbonyl (C=S) groups is 1. The Kier molecular flexibility index (Phi) is 8.25. The van der Waals surface area contributed by atoms with Crippen LogP contribution < -0.4 is 15.6 Å². The molecule has 0 saturated carbocycles. The Bertz CT molecular complexity index is 1430. The third-order valence-electron chi connectivity index (χ3n) is 5.67. The topological polar surface area (TPSA) is 108 Å². The summed E-state index contributed by atoms with van der Waals surface area (Å²) in [5, 5.41) is 3.49. The van der Waals surface area contributed by atoms with Gasteiger partial charge < -0.3 is 10.1 Å². The Morgan fingerprint density at radius 1 is 0.949 bits per heavy atom. The van der Waals surface area contributed by atoms with Crippen molar-refractivity contribution in [1.82, 2.24) is 10.4 Å². The molecule has 3 aromatic rings. The van der Waals surface area contributed by atoms with Crippen LogP contribution in [0.5, 0.6) is 0 Å². The van der Waals surface area contributed by atoms with Crippen LogP contribution in [0.1, 0.15) is 34.1 Å². The molecule has 0 unspecified atom stereocenters. The Hall–Kier alpha value is -4.71. The van der Waals surface area contributed by atoms with Crippen LogP contribution in [0.25, 0.3) is 0 Å². The van der Waals surface area contributed by atoms with E-state index < -0.39 is 47.8 Å². The predicted molar refractivity (Wildman–Crippen MR) is 142 cm³/mol. The molecule has 12 heteroatoms. The van der Waals surface area contributed by atoms with Gasteiger partial charge in [0, 0.05) is 11.3 Å². The number of carbonyl (C=O) groups excluding carboxylic acids is 4. The molecule has 1 heterocycles. The van der Waals surface area contributed by atoms with Crippen molar-refractivity contribution < 1.29 is 32.7 Å². The number of nitrogens with one attached hydrogen (secondary N) is 2. The number of hydrogen-bond acceptors (Lipinski definition) is 6. The van der Waals surface area contributed by atoms with Crippen LogP contribution in [-0.4, -0.2) is 46.5 Å². The Labute approximate surface area is 227 Å². The lowest BCUT2D eigenvalue weighted by atomic mass is 10.1. The highest BCUT2D eigenvalue weighted by molar-refractivity contribution is 7.80. The SMILES string of the molecule is CCOC(=O)c1ccc(N2C(=O)[C@@H](CC(=O)Nc3ccc(F)cc3)N(NC(=O)c3cccc(F)c3)C2=S)cc1. The van der Waals surface area contributed by atoms with Crippen LogP contribution in [0.2, 0.25) is 0 Å². The van der Waals surface area contributed by atoms with Gasteiger partial charge in [-0.15, -0.1) is 0 Å². The van der Waals surface area contributed by atoms with Gasteiger partial charge in [0.15, 0.2) is 0 Å². The number of hydrazine groups is 1. The smallest absolute Gasteiger partial charge is 0.338 e. The summed E-state index contributed by atoms with van der Waals surface area (Å²) in [5.74, 6) is -3.65. The van der Waals surface area contributed by atoms with E-state index in [0.717, 1.165) is 16.0 Å². The highest BCUT2D eigenvalue weighted by Gasteiger charge is 2.45. The number of hydrogen-bond donors (Lipinski definition) is 2. The fourth-order valence-electron chi connectivity index (χ4n) is 3.82. The molecule has 1 saturated heterocycles. The number of amides is 3. The van der Waals surface area contributed by atoms with Crippen molar-refractivity contribution in [1.29, 1.82) is 0 Å². The van der Waals surface area contributed by atoms with Crippen molar-refractivity contribution in [3.8, 4) is 0 Å². The average molecular weight is 553 g/mol. The summed E-state index contributed by atoms with van der Waals surface area (Å²) in [5.41, 5.74) is 3.30. The van der Waals surface area contributed by atoms with E-state index in [4.69, 9.17) is 17.0 Å². The number of anilines is 2. The summed E-state index contributed by atoms with van der Waals surface area (Å²) in [6, 6.07) is 14.5. The van der Waals surface area contributed by atoms with Crippen molar-refractivity contribution in [3.63, 3.8) is 0 Å². The Balaban J connectivity index is 1.60. The summed E-state index contributed by atoms with van der Waals surface area (Å²) in [7, 11) is 0.